The second-order valence-corrected chi connectivity index (χ2v) is 13.9. The summed E-state index contributed by atoms with van der Waals surface area (Å²) in [5.41, 5.74) is 0. The molecule has 0 aromatic carbocycles. The lowest BCUT2D eigenvalue weighted by atomic mass is 10.0. The van der Waals surface area contributed by atoms with E-state index in [-0.39, 0.29) is 0 Å². The van der Waals surface area contributed by atoms with Crippen LogP contribution in [0.25, 0.3) is 0 Å². The van der Waals surface area contributed by atoms with Crippen molar-refractivity contribution < 1.29 is 0 Å². The molecule has 42 heavy (non-hydrogen) atoms. The van der Waals surface area contributed by atoms with Gasteiger partial charge >= 0.3 is 0 Å². The maximum absolute atomic E-state index is 2.72. The van der Waals surface area contributed by atoms with E-state index in [1.165, 1.54) is 219 Å². The molecule has 0 aromatic heterocycles. The molecule has 0 fully saturated rings. The van der Waals surface area contributed by atoms with Crippen LogP contribution in [0, 0.1) is 0 Å². The maximum atomic E-state index is 2.72. The van der Waals surface area contributed by atoms with Crippen molar-refractivity contribution >= 4 is 0 Å². The van der Waals surface area contributed by atoms with Crippen LogP contribution in [0.5, 0.6) is 0 Å². The molecule has 0 saturated heterocycles. The molecule has 250 valence electrons. The lowest BCUT2D eigenvalue weighted by molar-refractivity contribution is 0.135. The lowest BCUT2D eigenvalue weighted by Crippen LogP contribution is -2.39. The third-order valence-corrected chi connectivity index (χ3v) is 9.82. The molecule has 1 aliphatic rings. The molecule has 0 bridgehead atoms. The van der Waals surface area contributed by atoms with Crippen molar-refractivity contribution in [3.8, 4) is 0 Å². The molecule has 0 saturated carbocycles. The van der Waals surface area contributed by atoms with Crippen LogP contribution in [0.3, 0.4) is 0 Å². The summed E-state index contributed by atoms with van der Waals surface area (Å²) in [7, 11) is 0. The maximum Gasteiger partial charge on any atom is 0.101 e. The fraction of sp³-hybridized carbons (Fsp3) is 0.950. The molecule has 0 spiro atoms. The highest BCUT2D eigenvalue weighted by Crippen LogP contribution is 2.24. The zero-order valence-corrected chi connectivity index (χ0v) is 29.7. The molecule has 0 radical (unpaired) electrons. The van der Waals surface area contributed by atoms with E-state index in [1.807, 2.05) is 0 Å². The van der Waals surface area contributed by atoms with Crippen molar-refractivity contribution in [1.82, 2.24) is 9.80 Å². The fourth-order valence-electron chi connectivity index (χ4n) is 6.89. The van der Waals surface area contributed by atoms with Crippen molar-refractivity contribution in [2.24, 2.45) is 0 Å². The van der Waals surface area contributed by atoms with Crippen LogP contribution >= 0.6 is 0 Å². The molecule has 2 heteroatoms. The third kappa shape index (κ3) is 23.8. The highest BCUT2D eigenvalue weighted by atomic mass is 15.4. The molecular formula is C40H80N2. The minimum Gasteiger partial charge on any atom is -0.356 e. The smallest absolute Gasteiger partial charge is 0.101 e. The largest absolute Gasteiger partial charge is 0.356 e. The zero-order chi connectivity index (χ0) is 30.2. The second kappa shape index (κ2) is 31.8. The molecule has 2 nitrogen and oxygen atoms in total. The van der Waals surface area contributed by atoms with Gasteiger partial charge in [0.2, 0.25) is 0 Å². The van der Waals surface area contributed by atoms with Gasteiger partial charge < -0.3 is 9.80 Å². The minimum atomic E-state index is 0.640. The van der Waals surface area contributed by atoms with Gasteiger partial charge in [-0.25, -0.2) is 0 Å². The number of nitrogens with zero attached hydrogens (tertiary/aromatic N) is 2. The first kappa shape index (κ1) is 39.4. The highest BCUT2D eigenvalue weighted by molar-refractivity contribution is 4.97. The lowest BCUT2D eigenvalue weighted by Gasteiger charge is -2.33. The summed E-state index contributed by atoms with van der Waals surface area (Å²) in [6.07, 6.45) is 51.4. The van der Waals surface area contributed by atoms with Gasteiger partial charge in [0.1, 0.15) is 6.17 Å². The van der Waals surface area contributed by atoms with Gasteiger partial charge in [0, 0.05) is 25.5 Å². The summed E-state index contributed by atoms with van der Waals surface area (Å²) in [6.45, 7) is 9.48. The number of hydrogen-bond donors (Lipinski definition) is 0. The SMILES string of the molecule is CCCCCCCCCCCCCCCN1C=CN(CCCCCCCCC)C1CCCCCCCCCCCCC. The van der Waals surface area contributed by atoms with Crippen LogP contribution in [0.15, 0.2) is 12.4 Å². The Labute approximate surface area is 267 Å². The summed E-state index contributed by atoms with van der Waals surface area (Å²) in [6, 6.07) is 0. The van der Waals surface area contributed by atoms with E-state index >= 15 is 0 Å². The Kier molecular flexibility index (Phi) is 29.8. The van der Waals surface area contributed by atoms with Crippen molar-refractivity contribution in [2.75, 3.05) is 13.1 Å². The molecule has 1 rings (SSSR count). The average Bonchev–Trinajstić information content (AvgIpc) is 3.38. The van der Waals surface area contributed by atoms with Crippen LogP contribution in [0.4, 0.5) is 0 Å². The van der Waals surface area contributed by atoms with Crippen molar-refractivity contribution in [3.05, 3.63) is 12.4 Å². The monoisotopic (exact) mass is 589 g/mol. The topological polar surface area (TPSA) is 6.48 Å². The summed E-state index contributed by atoms with van der Waals surface area (Å²) in [4.78, 5) is 5.43. The minimum absolute atomic E-state index is 0.640. The van der Waals surface area contributed by atoms with Gasteiger partial charge in [-0.05, 0) is 25.7 Å². The van der Waals surface area contributed by atoms with E-state index in [4.69, 9.17) is 0 Å². The van der Waals surface area contributed by atoms with Crippen molar-refractivity contribution in [1.29, 1.82) is 0 Å². The van der Waals surface area contributed by atoms with Crippen LogP contribution in [-0.4, -0.2) is 29.1 Å². The predicted molar refractivity (Wildman–Crippen MR) is 191 cm³/mol. The fourth-order valence-corrected chi connectivity index (χ4v) is 6.89. The van der Waals surface area contributed by atoms with Crippen LogP contribution in [0.2, 0.25) is 0 Å². The van der Waals surface area contributed by atoms with Gasteiger partial charge in [-0.3, -0.25) is 0 Å². The van der Waals surface area contributed by atoms with Crippen molar-refractivity contribution in [3.63, 3.8) is 0 Å². The molecule has 0 aliphatic carbocycles. The molecular weight excluding hydrogens is 508 g/mol. The van der Waals surface area contributed by atoms with E-state index in [2.05, 4.69) is 43.0 Å². The van der Waals surface area contributed by atoms with Crippen molar-refractivity contribution in [2.45, 2.75) is 232 Å². The van der Waals surface area contributed by atoms with E-state index in [0.29, 0.717) is 6.17 Å². The van der Waals surface area contributed by atoms with E-state index in [0.717, 1.165) is 0 Å². The van der Waals surface area contributed by atoms with Gasteiger partial charge in [-0.2, -0.15) is 0 Å². The predicted octanol–water partition coefficient (Wildman–Crippen LogP) is 13.9. The molecule has 0 N–H and O–H groups in total. The molecule has 0 amide bonds. The van der Waals surface area contributed by atoms with E-state index in [9.17, 15) is 0 Å². The van der Waals surface area contributed by atoms with Gasteiger partial charge in [0.15, 0.2) is 0 Å². The van der Waals surface area contributed by atoms with Crippen LogP contribution < -0.4 is 0 Å². The first-order chi connectivity index (χ1) is 20.8. The van der Waals surface area contributed by atoms with Gasteiger partial charge in [0.05, 0.1) is 0 Å². The van der Waals surface area contributed by atoms with Gasteiger partial charge in [0.25, 0.3) is 0 Å². The number of unbranched alkanes of at least 4 members (excludes halogenated alkanes) is 28. The van der Waals surface area contributed by atoms with Gasteiger partial charge in [-0.15, -0.1) is 0 Å². The molecule has 0 aromatic rings. The summed E-state index contributed by atoms with van der Waals surface area (Å²) in [5, 5.41) is 0. The van der Waals surface area contributed by atoms with Gasteiger partial charge in [-0.1, -0.05) is 201 Å². The Balaban J connectivity index is 2.20. The Morgan fingerprint density at radius 3 is 0.833 bits per heavy atom. The van der Waals surface area contributed by atoms with Crippen LogP contribution in [0.1, 0.15) is 226 Å². The van der Waals surface area contributed by atoms with E-state index < -0.39 is 0 Å². The standard InChI is InChI=1S/C40H80N2/c1-4-7-10-13-16-18-20-21-23-25-28-31-34-37-42-39-38-41(36-33-30-27-15-12-9-6-3)40(42)35-32-29-26-24-22-19-17-14-11-8-5-2/h38-40H,4-37H2,1-3H3. The van der Waals surface area contributed by atoms with E-state index in [1.54, 1.807) is 0 Å². The molecule has 1 aliphatic heterocycles. The van der Waals surface area contributed by atoms with Crippen LogP contribution in [-0.2, 0) is 0 Å². The molecule has 1 unspecified atom stereocenters. The molecule has 1 heterocycles. The number of rotatable bonds is 34. The summed E-state index contributed by atoms with van der Waals surface area (Å²) >= 11 is 0. The zero-order valence-electron chi connectivity index (χ0n) is 29.7. The number of hydrogen-bond acceptors (Lipinski definition) is 2. The quantitative estimate of drug-likeness (QED) is 0.0690. The summed E-state index contributed by atoms with van der Waals surface area (Å²) < 4.78 is 0. The normalized spacial score (nSPS) is 15.0. The second-order valence-electron chi connectivity index (χ2n) is 13.9. The average molecular weight is 589 g/mol. The summed E-state index contributed by atoms with van der Waals surface area (Å²) in [5.74, 6) is 0. The Hall–Kier alpha value is -0.660. The molecule has 1 atom stereocenters. The third-order valence-electron chi connectivity index (χ3n) is 9.82. The first-order valence-corrected chi connectivity index (χ1v) is 20.0. The Morgan fingerprint density at radius 1 is 0.310 bits per heavy atom. The first-order valence-electron chi connectivity index (χ1n) is 20.0. The highest BCUT2D eigenvalue weighted by Gasteiger charge is 2.24. The Bertz CT molecular complexity index is 544. The Morgan fingerprint density at radius 2 is 0.548 bits per heavy atom.